The van der Waals surface area contributed by atoms with Gasteiger partial charge in [-0.15, -0.1) is 0 Å². The monoisotopic (exact) mass is 250 g/mol. The summed E-state index contributed by atoms with van der Waals surface area (Å²) in [7, 11) is 0. The van der Waals surface area contributed by atoms with Gasteiger partial charge in [0.15, 0.2) is 0 Å². The third-order valence-electron chi connectivity index (χ3n) is 3.70. The van der Waals surface area contributed by atoms with Crippen LogP contribution in [0.4, 0.5) is 0 Å². The van der Waals surface area contributed by atoms with Gasteiger partial charge in [0.25, 0.3) is 0 Å². The molecule has 0 aromatic carbocycles. The lowest BCUT2D eigenvalue weighted by molar-refractivity contribution is 0.429. The summed E-state index contributed by atoms with van der Waals surface area (Å²) < 4.78 is 2.05. The van der Waals surface area contributed by atoms with Crippen LogP contribution in [0.2, 0.25) is 0 Å². The van der Waals surface area contributed by atoms with Gasteiger partial charge in [0.2, 0.25) is 0 Å². The molecule has 0 saturated heterocycles. The van der Waals surface area contributed by atoms with Crippen molar-refractivity contribution in [3.63, 3.8) is 0 Å². The Balaban J connectivity index is 1.74. The van der Waals surface area contributed by atoms with Crippen molar-refractivity contribution in [2.75, 3.05) is 6.54 Å². The molecule has 1 aliphatic rings. The Bertz CT molecular complexity index is 343. The lowest BCUT2D eigenvalue weighted by Gasteiger charge is -2.16. The van der Waals surface area contributed by atoms with Crippen LogP contribution >= 0.6 is 0 Å². The van der Waals surface area contributed by atoms with Crippen molar-refractivity contribution in [1.82, 2.24) is 20.1 Å². The molecular weight excluding hydrogens is 224 g/mol. The molecule has 18 heavy (non-hydrogen) atoms. The highest BCUT2D eigenvalue weighted by atomic mass is 15.3. The number of aryl methyl sites for hydroxylation is 2. The van der Waals surface area contributed by atoms with E-state index in [2.05, 4.69) is 33.9 Å². The zero-order valence-corrected chi connectivity index (χ0v) is 11.7. The largest absolute Gasteiger partial charge is 0.314 e. The molecule has 1 N–H and O–H groups in total. The van der Waals surface area contributed by atoms with Gasteiger partial charge in [-0.2, -0.15) is 5.10 Å². The highest BCUT2D eigenvalue weighted by Crippen LogP contribution is 2.34. The molecule has 1 aliphatic carbocycles. The van der Waals surface area contributed by atoms with E-state index in [1.54, 1.807) is 6.33 Å². The van der Waals surface area contributed by atoms with Gasteiger partial charge in [-0.3, -0.25) is 4.68 Å². The number of nitrogens with one attached hydrogen (secondary N) is 1. The van der Waals surface area contributed by atoms with E-state index in [1.165, 1.54) is 25.7 Å². The molecule has 1 unspecified atom stereocenters. The fraction of sp³-hybridized carbons (Fsp3) is 0.857. The van der Waals surface area contributed by atoms with Crippen LogP contribution in [0.5, 0.6) is 0 Å². The maximum atomic E-state index is 4.37. The van der Waals surface area contributed by atoms with Gasteiger partial charge in [-0.25, -0.2) is 4.98 Å². The van der Waals surface area contributed by atoms with Crippen LogP contribution in [0.1, 0.15) is 51.8 Å². The minimum Gasteiger partial charge on any atom is -0.314 e. The minimum atomic E-state index is 0.734. The number of aromatic nitrogens is 3. The van der Waals surface area contributed by atoms with Crippen LogP contribution in [0.3, 0.4) is 0 Å². The SMILES string of the molecule is CCCn1ncnc1CCCC(NCC)C1CC1. The second kappa shape index (κ2) is 6.88. The molecule has 1 aromatic rings. The second-order valence-corrected chi connectivity index (χ2v) is 5.29. The highest BCUT2D eigenvalue weighted by Gasteiger charge is 2.29. The van der Waals surface area contributed by atoms with E-state index in [0.717, 1.165) is 43.7 Å². The van der Waals surface area contributed by atoms with E-state index >= 15 is 0 Å². The van der Waals surface area contributed by atoms with Gasteiger partial charge < -0.3 is 5.32 Å². The van der Waals surface area contributed by atoms with Crippen molar-refractivity contribution in [3.8, 4) is 0 Å². The van der Waals surface area contributed by atoms with Crippen LogP contribution in [0.25, 0.3) is 0 Å². The van der Waals surface area contributed by atoms with Crippen molar-refractivity contribution in [1.29, 1.82) is 0 Å². The molecule has 0 bridgehead atoms. The second-order valence-electron chi connectivity index (χ2n) is 5.29. The van der Waals surface area contributed by atoms with Gasteiger partial charge >= 0.3 is 0 Å². The Morgan fingerprint density at radius 1 is 1.44 bits per heavy atom. The fourth-order valence-corrected chi connectivity index (χ4v) is 2.63. The molecule has 1 heterocycles. The Morgan fingerprint density at radius 2 is 2.28 bits per heavy atom. The van der Waals surface area contributed by atoms with Gasteiger partial charge in [0.05, 0.1) is 0 Å². The zero-order chi connectivity index (χ0) is 12.8. The van der Waals surface area contributed by atoms with Crippen molar-refractivity contribution < 1.29 is 0 Å². The summed E-state index contributed by atoms with van der Waals surface area (Å²) in [5.74, 6) is 2.10. The molecule has 0 amide bonds. The van der Waals surface area contributed by atoms with Crippen LogP contribution in [-0.2, 0) is 13.0 Å². The maximum absolute atomic E-state index is 4.37. The van der Waals surface area contributed by atoms with Gasteiger partial charge in [-0.1, -0.05) is 13.8 Å². The lowest BCUT2D eigenvalue weighted by Crippen LogP contribution is -2.30. The van der Waals surface area contributed by atoms with E-state index in [-0.39, 0.29) is 0 Å². The van der Waals surface area contributed by atoms with Crippen molar-refractivity contribution in [2.45, 2.75) is 65.0 Å². The van der Waals surface area contributed by atoms with E-state index in [4.69, 9.17) is 0 Å². The fourth-order valence-electron chi connectivity index (χ4n) is 2.63. The van der Waals surface area contributed by atoms with E-state index in [1.807, 2.05) is 0 Å². The Hall–Kier alpha value is -0.900. The van der Waals surface area contributed by atoms with Crippen molar-refractivity contribution in [2.24, 2.45) is 5.92 Å². The topological polar surface area (TPSA) is 42.7 Å². The Labute approximate surface area is 110 Å². The maximum Gasteiger partial charge on any atom is 0.138 e. The summed E-state index contributed by atoms with van der Waals surface area (Å²) >= 11 is 0. The predicted molar refractivity (Wildman–Crippen MR) is 73.4 cm³/mol. The number of hydrogen-bond acceptors (Lipinski definition) is 3. The molecule has 0 spiro atoms. The standard InChI is InChI=1S/C14H26N4/c1-3-10-18-14(16-11-17-18)7-5-6-13(15-4-2)12-8-9-12/h11-13,15H,3-10H2,1-2H3. The minimum absolute atomic E-state index is 0.734. The highest BCUT2D eigenvalue weighted by molar-refractivity contribution is 4.89. The molecule has 0 aliphatic heterocycles. The summed E-state index contributed by atoms with van der Waals surface area (Å²) in [5, 5.41) is 7.90. The molecule has 2 rings (SSSR count). The lowest BCUT2D eigenvalue weighted by atomic mass is 10.0. The third-order valence-corrected chi connectivity index (χ3v) is 3.70. The van der Waals surface area contributed by atoms with Crippen LogP contribution in [-0.4, -0.2) is 27.4 Å². The molecule has 4 nitrogen and oxygen atoms in total. The summed E-state index contributed by atoms with van der Waals surface area (Å²) in [6.07, 6.45) is 9.21. The third kappa shape index (κ3) is 3.80. The summed E-state index contributed by atoms with van der Waals surface area (Å²) in [6.45, 7) is 6.47. The number of nitrogens with zero attached hydrogens (tertiary/aromatic N) is 3. The molecule has 0 radical (unpaired) electrons. The van der Waals surface area contributed by atoms with Gasteiger partial charge in [0.1, 0.15) is 12.2 Å². The zero-order valence-electron chi connectivity index (χ0n) is 11.7. The van der Waals surface area contributed by atoms with Crippen LogP contribution in [0.15, 0.2) is 6.33 Å². The summed E-state index contributed by atoms with van der Waals surface area (Å²) in [6, 6.07) is 0.734. The predicted octanol–water partition coefficient (Wildman–Crippen LogP) is 2.40. The van der Waals surface area contributed by atoms with Crippen molar-refractivity contribution >= 4 is 0 Å². The molecule has 1 saturated carbocycles. The van der Waals surface area contributed by atoms with E-state index in [0.29, 0.717) is 0 Å². The summed E-state index contributed by atoms with van der Waals surface area (Å²) in [5.41, 5.74) is 0. The van der Waals surface area contributed by atoms with Crippen LogP contribution in [0, 0.1) is 5.92 Å². The Kier molecular flexibility index (Phi) is 5.17. The first-order valence-electron chi connectivity index (χ1n) is 7.45. The van der Waals surface area contributed by atoms with E-state index < -0.39 is 0 Å². The molecule has 102 valence electrons. The van der Waals surface area contributed by atoms with Gasteiger partial charge in [-0.05, 0) is 44.6 Å². The molecule has 1 fully saturated rings. The average Bonchev–Trinajstić information content (AvgIpc) is 3.12. The molecule has 4 heteroatoms. The van der Waals surface area contributed by atoms with Gasteiger partial charge in [0, 0.05) is 19.0 Å². The smallest absolute Gasteiger partial charge is 0.138 e. The number of hydrogen-bond donors (Lipinski definition) is 1. The first kappa shape index (κ1) is 13.5. The van der Waals surface area contributed by atoms with Crippen molar-refractivity contribution in [3.05, 3.63) is 12.2 Å². The van der Waals surface area contributed by atoms with E-state index in [9.17, 15) is 0 Å². The number of rotatable bonds is 9. The molecular formula is C14H26N4. The molecule has 1 atom stereocenters. The average molecular weight is 250 g/mol. The summed E-state index contributed by atoms with van der Waals surface area (Å²) in [4.78, 5) is 4.37. The first-order valence-corrected chi connectivity index (χ1v) is 7.45. The Morgan fingerprint density at radius 3 is 2.94 bits per heavy atom. The normalized spacial score (nSPS) is 17.0. The van der Waals surface area contributed by atoms with Crippen LogP contribution < -0.4 is 5.32 Å². The molecule has 1 aromatic heterocycles. The first-order chi connectivity index (χ1) is 8.85. The quantitative estimate of drug-likeness (QED) is 0.732.